The van der Waals surface area contributed by atoms with Gasteiger partial charge >= 0.3 is 0 Å². The molecule has 1 saturated heterocycles. The Balaban J connectivity index is 1.59. The molecule has 0 radical (unpaired) electrons. The van der Waals surface area contributed by atoms with E-state index in [-0.39, 0.29) is 6.04 Å². The molecule has 0 spiro atoms. The van der Waals surface area contributed by atoms with Gasteiger partial charge in [-0.1, -0.05) is 24.3 Å². The van der Waals surface area contributed by atoms with Crippen molar-refractivity contribution in [1.82, 2.24) is 25.1 Å². The van der Waals surface area contributed by atoms with Crippen molar-refractivity contribution in [3.05, 3.63) is 65.0 Å². The Morgan fingerprint density at radius 2 is 1.72 bits per heavy atom. The number of hydrogen-bond donors (Lipinski definition) is 0. The zero-order valence-electron chi connectivity index (χ0n) is 19.4. The Labute approximate surface area is 189 Å². The van der Waals surface area contributed by atoms with Crippen LogP contribution in [0.15, 0.2) is 42.5 Å². The van der Waals surface area contributed by atoms with Crippen LogP contribution >= 0.6 is 0 Å². The Bertz CT molecular complexity index is 1010. The van der Waals surface area contributed by atoms with E-state index in [0.29, 0.717) is 13.2 Å². The Morgan fingerprint density at radius 3 is 2.41 bits per heavy atom. The van der Waals surface area contributed by atoms with Crippen LogP contribution in [0.5, 0.6) is 5.75 Å². The maximum absolute atomic E-state index is 5.36. The fraction of sp³-hybridized carbons (Fsp3) is 0.458. The van der Waals surface area contributed by atoms with Crippen molar-refractivity contribution in [3.8, 4) is 5.75 Å². The van der Waals surface area contributed by atoms with Gasteiger partial charge in [0, 0.05) is 39.0 Å². The lowest BCUT2D eigenvalue weighted by Gasteiger charge is -2.40. The quantitative estimate of drug-likeness (QED) is 0.538. The van der Waals surface area contributed by atoms with Crippen LogP contribution in [-0.4, -0.2) is 72.1 Å². The van der Waals surface area contributed by atoms with Gasteiger partial charge in [-0.05, 0) is 59.2 Å². The van der Waals surface area contributed by atoms with Crippen LogP contribution < -0.4 is 9.64 Å². The highest BCUT2D eigenvalue weighted by Crippen LogP contribution is 2.31. The summed E-state index contributed by atoms with van der Waals surface area (Å²) >= 11 is 0. The van der Waals surface area contributed by atoms with E-state index in [0.717, 1.165) is 43.3 Å². The highest BCUT2D eigenvalue weighted by atomic mass is 16.5. The number of nitrogens with zero attached hydrogens (tertiary/aromatic N) is 6. The monoisotopic (exact) mass is 436 g/mol. The molecule has 0 saturated carbocycles. The molecule has 0 amide bonds. The number of aryl methyl sites for hydroxylation is 1. The summed E-state index contributed by atoms with van der Waals surface area (Å²) in [6.45, 7) is 9.31. The van der Waals surface area contributed by atoms with Crippen LogP contribution in [0, 0.1) is 13.8 Å². The first kappa shape index (κ1) is 22.2. The maximum Gasteiger partial charge on any atom is 0.173 e. The lowest BCUT2D eigenvalue weighted by Crippen LogP contribution is -2.48. The topological polar surface area (TPSA) is 68.5 Å². The molecule has 1 aromatic heterocycles. The van der Waals surface area contributed by atoms with E-state index >= 15 is 0 Å². The van der Waals surface area contributed by atoms with E-state index in [9.17, 15) is 0 Å². The second kappa shape index (κ2) is 10.1. The predicted octanol–water partition coefficient (Wildman–Crippen LogP) is 2.86. The molecule has 0 N–H and O–H groups in total. The van der Waals surface area contributed by atoms with Gasteiger partial charge in [-0.2, -0.15) is 0 Å². The van der Waals surface area contributed by atoms with Crippen LogP contribution in [0.1, 0.15) is 28.6 Å². The smallest absolute Gasteiger partial charge is 0.173 e. The van der Waals surface area contributed by atoms with Gasteiger partial charge in [0.2, 0.25) is 0 Å². The minimum Gasteiger partial charge on any atom is -0.497 e. The predicted molar refractivity (Wildman–Crippen MR) is 124 cm³/mol. The van der Waals surface area contributed by atoms with Crippen molar-refractivity contribution >= 4 is 5.69 Å². The second-order valence-corrected chi connectivity index (χ2v) is 8.17. The molecular formula is C24H32N6O2. The molecule has 2 heterocycles. The van der Waals surface area contributed by atoms with E-state index in [1.54, 1.807) is 14.2 Å². The lowest BCUT2D eigenvalue weighted by molar-refractivity contribution is 0.171. The summed E-state index contributed by atoms with van der Waals surface area (Å²) in [5.74, 6) is 1.68. The average Bonchev–Trinajstić information content (AvgIpc) is 3.28. The van der Waals surface area contributed by atoms with Gasteiger partial charge in [0.25, 0.3) is 0 Å². The zero-order chi connectivity index (χ0) is 22.5. The molecule has 3 aromatic rings. The van der Waals surface area contributed by atoms with Gasteiger partial charge in [-0.3, -0.25) is 4.90 Å². The van der Waals surface area contributed by atoms with Crippen molar-refractivity contribution in [1.29, 1.82) is 0 Å². The Morgan fingerprint density at radius 1 is 0.969 bits per heavy atom. The van der Waals surface area contributed by atoms with Gasteiger partial charge < -0.3 is 14.4 Å². The van der Waals surface area contributed by atoms with Gasteiger partial charge in [0.15, 0.2) is 5.82 Å². The first-order chi connectivity index (χ1) is 15.6. The second-order valence-electron chi connectivity index (χ2n) is 8.17. The van der Waals surface area contributed by atoms with Crippen LogP contribution in [0.2, 0.25) is 0 Å². The van der Waals surface area contributed by atoms with Crippen LogP contribution in [-0.2, 0) is 11.3 Å². The third-order valence-electron chi connectivity index (χ3n) is 6.34. The number of piperazine rings is 1. The zero-order valence-corrected chi connectivity index (χ0v) is 19.4. The summed E-state index contributed by atoms with van der Waals surface area (Å²) < 4.78 is 12.5. The van der Waals surface area contributed by atoms with E-state index in [2.05, 4.69) is 69.5 Å². The number of rotatable bonds is 8. The molecule has 32 heavy (non-hydrogen) atoms. The van der Waals surface area contributed by atoms with Crippen molar-refractivity contribution in [2.75, 3.05) is 51.9 Å². The van der Waals surface area contributed by atoms with Gasteiger partial charge in [0.05, 0.1) is 26.3 Å². The van der Waals surface area contributed by atoms with Gasteiger partial charge in [0.1, 0.15) is 5.75 Å². The van der Waals surface area contributed by atoms with E-state index in [1.165, 1.54) is 16.8 Å². The molecule has 8 heteroatoms. The summed E-state index contributed by atoms with van der Waals surface area (Å²) in [6, 6.07) is 14.7. The summed E-state index contributed by atoms with van der Waals surface area (Å²) in [4.78, 5) is 4.95. The fourth-order valence-electron chi connectivity index (χ4n) is 4.35. The Hall–Kier alpha value is -2.97. The highest BCUT2D eigenvalue weighted by molar-refractivity contribution is 5.56. The minimum absolute atomic E-state index is 0.0338. The number of tetrazole rings is 1. The molecule has 1 aliphatic rings. The van der Waals surface area contributed by atoms with Crippen molar-refractivity contribution in [3.63, 3.8) is 0 Å². The number of aromatic nitrogens is 4. The molecule has 1 atom stereocenters. The number of ether oxygens (including phenoxy) is 2. The lowest BCUT2D eigenvalue weighted by atomic mass is 10.0. The fourth-order valence-corrected chi connectivity index (χ4v) is 4.35. The average molecular weight is 437 g/mol. The first-order valence-electron chi connectivity index (χ1n) is 11.1. The van der Waals surface area contributed by atoms with Crippen molar-refractivity contribution in [2.24, 2.45) is 0 Å². The molecule has 2 aromatic carbocycles. The largest absolute Gasteiger partial charge is 0.497 e. The molecule has 1 fully saturated rings. The van der Waals surface area contributed by atoms with Crippen LogP contribution in [0.3, 0.4) is 0 Å². The first-order valence-corrected chi connectivity index (χ1v) is 11.1. The summed E-state index contributed by atoms with van der Waals surface area (Å²) in [6.07, 6.45) is 0. The molecule has 8 nitrogen and oxygen atoms in total. The van der Waals surface area contributed by atoms with E-state index in [1.807, 2.05) is 16.8 Å². The molecule has 4 rings (SSSR count). The van der Waals surface area contributed by atoms with E-state index in [4.69, 9.17) is 9.47 Å². The SMILES string of the molecule is COCCn1nnnc1[C@@H](c1ccc(OC)cc1)N1CCN(c2cccc(C)c2C)CC1. The Kier molecular flexibility index (Phi) is 7.02. The van der Waals surface area contributed by atoms with Crippen LogP contribution in [0.4, 0.5) is 5.69 Å². The minimum atomic E-state index is -0.0338. The molecule has 0 bridgehead atoms. The standard InChI is InChI=1S/C24H32N6O2/c1-18-6-5-7-22(19(18)2)28-12-14-29(15-13-28)23(20-8-10-21(32-4)11-9-20)24-25-26-27-30(24)16-17-31-3/h5-11,23H,12-17H2,1-4H3/t23-/m1/s1. The number of hydrogen-bond acceptors (Lipinski definition) is 7. The van der Waals surface area contributed by atoms with Crippen molar-refractivity contribution < 1.29 is 9.47 Å². The molecular weight excluding hydrogens is 404 g/mol. The number of anilines is 1. The molecule has 1 aliphatic heterocycles. The number of methoxy groups -OCH3 is 2. The molecule has 0 unspecified atom stereocenters. The van der Waals surface area contributed by atoms with Crippen LogP contribution in [0.25, 0.3) is 0 Å². The maximum atomic E-state index is 5.36. The molecule has 0 aliphatic carbocycles. The summed E-state index contributed by atoms with van der Waals surface area (Å²) in [5, 5.41) is 12.6. The van der Waals surface area contributed by atoms with Gasteiger partial charge in [-0.25, -0.2) is 4.68 Å². The van der Waals surface area contributed by atoms with Gasteiger partial charge in [-0.15, -0.1) is 5.10 Å². The molecule has 170 valence electrons. The summed E-state index contributed by atoms with van der Waals surface area (Å²) in [7, 11) is 3.38. The number of benzene rings is 2. The van der Waals surface area contributed by atoms with E-state index < -0.39 is 0 Å². The summed E-state index contributed by atoms with van der Waals surface area (Å²) in [5.41, 5.74) is 5.17. The normalized spacial score (nSPS) is 15.7. The third kappa shape index (κ3) is 4.61. The third-order valence-corrected chi connectivity index (χ3v) is 6.34. The highest BCUT2D eigenvalue weighted by Gasteiger charge is 2.31. The van der Waals surface area contributed by atoms with Crippen molar-refractivity contribution in [2.45, 2.75) is 26.4 Å².